The highest BCUT2D eigenvalue weighted by Crippen LogP contribution is 2.31. The van der Waals surface area contributed by atoms with E-state index < -0.39 is 0 Å². The quantitative estimate of drug-likeness (QED) is 0.759. The van der Waals surface area contributed by atoms with Gasteiger partial charge >= 0.3 is 0 Å². The number of thioether (sulfide) groups is 1. The number of hydrogen-bond donors (Lipinski definition) is 0. The van der Waals surface area contributed by atoms with E-state index in [1.54, 1.807) is 39.3 Å². The van der Waals surface area contributed by atoms with Crippen LogP contribution >= 0.6 is 11.8 Å². The highest BCUT2D eigenvalue weighted by atomic mass is 32.2. The lowest BCUT2D eigenvalue weighted by Crippen LogP contribution is -2.07. The van der Waals surface area contributed by atoms with Crippen molar-refractivity contribution in [1.82, 2.24) is 10.2 Å². The summed E-state index contributed by atoms with van der Waals surface area (Å²) >= 11 is 1.23. The Bertz CT molecular complexity index is 619. The lowest BCUT2D eigenvalue weighted by atomic mass is 10.2. The first-order valence-electron chi connectivity index (χ1n) is 6.27. The molecule has 7 heteroatoms. The maximum atomic E-state index is 11.2. The smallest absolute Gasteiger partial charge is 0.277 e. The average molecular weight is 308 g/mol. The van der Waals surface area contributed by atoms with Gasteiger partial charge in [-0.3, -0.25) is 4.79 Å². The number of ketones is 1. The molecule has 0 amide bonds. The third kappa shape index (κ3) is 3.75. The second-order valence-corrected chi connectivity index (χ2v) is 5.64. The van der Waals surface area contributed by atoms with Crippen molar-refractivity contribution in [3.8, 4) is 23.0 Å². The summed E-state index contributed by atoms with van der Waals surface area (Å²) in [5, 5.41) is 8.06. The zero-order chi connectivity index (χ0) is 15.4. The first kappa shape index (κ1) is 15.4. The molecule has 2 rings (SSSR count). The highest BCUT2D eigenvalue weighted by Gasteiger charge is 2.16. The van der Waals surface area contributed by atoms with Crippen LogP contribution in [0, 0.1) is 0 Å². The molecule has 1 unspecified atom stereocenters. The largest absolute Gasteiger partial charge is 0.497 e. The summed E-state index contributed by atoms with van der Waals surface area (Å²) in [5.74, 6) is 1.68. The van der Waals surface area contributed by atoms with E-state index in [9.17, 15) is 4.79 Å². The number of carbonyl (C=O) groups is 1. The van der Waals surface area contributed by atoms with Gasteiger partial charge in [0.15, 0.2) is 0 Å². The number of nitrogens with zero attached hydrogens (tertiary/aromatic N) is 2. The van der Waals surface area contributed by atoms with Crippen molar-refractivity contribution in [2.24, 2.45) is 0 Å². The van der Waals surface area contributed by atoms with Crippen LogP contribution in [0.4, 0.5) is 0 Å². The van der Waals surface area contributed by atoms with Gasteiger partial charge in [0.2, 0.25) is 5.89 Å². The molecule has 0 saturated carbocycles. The van der Waals surface area contributed by atoms with Crippen molar-refractivity contribution in [2.45, 2.75) is 24.3 Å². The number of rotatable bonds is 6. The molecular formula is C14H16N2O4S. The fourth-order valence-electron chi connectivity index (χ4n) is 1.54. The first-order valence-corrected chi connectivity index (χ1v) is 7.15. The number of ether oxygens (including phenoxy) is 2. The van der Waals surface area contributed by atoms with E-state index in [1.165, 1.54) is 18.7 Å². The molecule has 0 aliphatic heterocycles. The molecule has 2 aromatic rings. The van der Waals surface area contributed by atoms with Crippen LogP contribution in [-0.2, 0) is 4.79 Å². The Morgan fingerprint density at radius 2 is 1.81 bits per heavy atom. The summed E-state index contributed by atoms with van der Waals surface area (Å²) in [6.45, 7) is 3.33. The molecule has 0 aliphatic carbocycles. The Hall–Kier alpha value is -2.02. The lowest BCUT2D eigenvalue weighted by Gasteiger charge is -2.05. The molecule has 0 saturated heterocycles. The molecule has 1 heterocycles. The molecule has 6 nitrogen and oxygen atoms in total. The van der Waals surface area contributed by atoms with Crippen LogP contribution in [0.1, 0.15) is 13.8 Å². The summed E-state index contributed by atoms with van der Waals surface area (Å²) in [5.41, 5.74) is 0.695. The SMILES string of the molecule is COc1cc(OC)cc(-c2nnc(SC(C)C(C)=O)o2)c1. The molecule has 112 valence electrons. The summed E-state index contributed by atoms with van der Waals surface area (Å²) in [6, 6.07) is 5.31. The van der Waals surface area contributed by atoms with Crippen LogP contribution in [0.15, 0.2) is 27.8 Å². The minimum atomic E-state index is -0.224. The van der Waals surface area contributed by atoms with Crippen molar-refractivity contribution in [3.05, 3.63) is 18.2 Å². The second-order valence-electron chi connectivity index (χ2n) is 4.35. The second kappa shape index (κ2) is 6.62. The predicted molar refractivity (Wildman–Crippen MR) is 78.8 cm³/mol. The van der Waals surface area contributed by atoms with E-state index in [1.807, 2.05) is 0 Å². The van der Waals surface area contributed by atoms with Gasteiger partial charge in [-0.05, 0) is 26.0 Å². The van der Waals surface area contributed by atoms with Crippen molar-refractivity contribution >= 4 is 17.5 Å². The molecule has 0 fully saturated rings. The minimum absolute atomic E-state index is 0.0581. The molecular weight excluding hydrogens is 292 g/mol. The van der Waals surface area contributed by atoms with E-state index >= 15 is 0 Å². The normalized spacial score (nSPS) is 12.0. The van der Waals surface area contributed by atoms with Gasteiger partial charge in [-0.2, -0.15) is 0 Å². The Morgan fingerprint density at radius 1 is 1.19 bits per heavy atom. The molecule has 0 spiro atoms. The van der Waals surface area contributed by atoms with Crippen LogP contribution in [0.5, 0.6) is 11.5 Å². The van der Waals surface area contributed by atoms with Crippen LogP contribution < -0.4 is 9.47 Å². The maximum Gasteiger partial charge on any atom is 0.277 e. The topological polar surface area (TPSA) is 74.5 Å². The van der Waals surface area contributed by atoms with Gasteiger partial charge in [0.25, 0.3) is 5.22 Å². The van der Waals surface area contributed by atoms with Gasteiger partial charge in [0.1, 0.15) is 17.3 Å². The van der Waals surface area contributed by atoms with E-state index in [4.69, 9.17) is 13.9 Å². The first-order chi connectivity index (χ1) is 10.0. The number of hydrogen-bond acceptors (Lipinski definition) is 7. The number of carbonyl (C=O) groups excluding carboxylic acids is 1. The van der Waals surface area contributed by atoms with Crippen molar-refractivity contribution in [1.29, 1.82) is 0 Å². The van der Waals surface area contributed by atoms with Gasteiger partial charge in [0.05, 0.1) is 19.5 Å². The molecule has 0 aliphatic rings. The number of Topliss-reactive ketones (excluding diaryl/α,β-unsaturated/α-hetero) is 1. The molecule has 1 atom stereocenters. The predicted octanol–water partition coefficient (Wildman–Crippen LogP) is 2.82. The van der Waals surface area contributed by atoms with Crippen LogP contribution in [0.2, 0.25) is 0 Å². The summed E-state index contributed by atoms with van der Waals surface area (Å²) in [4.78, 5) is 11.2. The summed E-state index contributed by atoms with van der Waals surface area (Å²) in [7, 11) is 3.14. The lowest BCUT2D eigenvalue weighted by molar-refractivity contribution is -0.116. The molecule has 0 radical (unpaired) electrons. The van der Waals surface area contributed by atoms with E-state index in [2.05, 4.69) is 10.2 Å². The Labute approximate surface area is 126 Å². The molecule has 1 aromatic heterocycles. The van der Waals surface area contributed by atoms with Gasteiger partial charge in [-0.1, -0.05) is 11.8 Å². The van der Waals surface area contributed by atoms with Gasteiger partial charge < -0.3 is 13.9 Å². The number of benzene rings is 1. The van der Waals surface area contributed by atoms with Crippen molar-refractivity contribution in [2.75, 3.05) is 14.2 Å². The van der Waals surface area contributed by atoms with Gasteiger partial charge in [-0.15, -0.1) is 10.2 Å². The Balaban J connectivity index is 2.26. The Morgan fingerprint density at radius 3 is 2.33 bits per heavy atom. The minimum Gasteiger partial charge on any atom is -0.497 e. The third-order valence-corrected chi connectivity index (χ3v) is 3.91. The molecule has 0 bridgehead atoms. The summed E-state index contributed by atoms with van der Waals surface area (Å²) < 4.78 is 16.0. The third-order valence-electron chi connectivity index (χ3n) is 2.85. The fraction of sp³-hybridized carbons (Fsp3) is 0.357. The number of aromatic nitrogens is 2. The fourth-order valence-corrected chi connectivity index (χ4v) is 2.22. The van der Waals surface area contributed by atoms with Gasteiger partial charge in [-0.25, -0.2) is 0 Å². The zero-order valence-electron chi connectivity index (χ0n) is 12.2. The molecule has 21 heavy (non-hydrogen) atoms. The molecule has 0 N–H and O–H groups in total. The van der Waals surface area contributed by atoms with Gasteiger partial charge in [0, 0.05) is 11.6 Å². The monoisotopic (exact) mass is 308 g/mol. The van der Waals surface area contributed by atoms with Crippen molar-refractivity contribution < 1.29 is 18.7 Å². The Kier molecular flexibility index (Phi) is 4.85. The maximum absolute atomic E-state index is 11.2. The molecule has 1 aromatic carbocycles. The van der Waals surface area contributed by atoms with Crippen molar-refractivity contribution in [3.63, 3.8) is 0 Å². The van der Waals surface area contributed by atoms with Crippen LogP contribution in [0.25, 0.3) is 11.5 Å². The van der Waals surface area contributed by atoms with E-state index in [0.717, 1.165) is 0 Å². The van der Waals surface area contributed by atoms with Crippen LogP contribution in [-0.4, -0.2) is 35.5 Å². The number of methoxy groups -OCH3 is 2. The summed E-state index contributed by atoms with van der Waals surface area (Å²) in [6.07, 6.45) is 0. The highest BCUT2D eigenvalue weighted by molar-refractivity contribution is 8.00. The average Bonchev–Trinajstić information content (AvgIpc) is 2.95. The zero-order valence-corrected chi connectivity index (χ0v) is 13.1. The van der Waals surface area contributed by atoms with Crippen LogP contribution in [0.3, 0.4) is 0 Å². The van der Waals surface area contributed by atoms with E-state index in [-0.39, 0.29) is 11.0 Å². The van der Waals surface area contributed by atoms with E-state index in [0.29, 0.717) is 28.2 Å². The standard InChI is InChI=1S/C14H16N2O4S/c1-8(17)9(2)21-14-16-15-13(20-14)10-5-11(18-3)7-12(6-10)19-4/h5-7,9H,1-4H3.